The summed E-state index contributed by atoms with van der Waals surface area (Å²) >= 11 is 16.1. The van der Waals surface area contributed by atoms with Crippen molar-refractivity contribution in [3.8, 4) is 17.2 Å². The number of phenols is 1. The lowest BCUT2D eigenvalue weighted by molar-refractivity contribution is -0.138. The lowest BCUT2D eigenvalue weighted by atomic mass is 9.49. The van der Waals surface area contributed by atoms with Crippen LogP contribution < -0.4 is 19.8 Å². The molecule has 6 atom stereocenters. The molecule has 2 aliphatic carbocycles. The number of amides is 4. The molecule has 8 rings (SSSR count). The molecular weight excluding hydrogens is 785 g/mol. The first-order valence-corrected chi connectivity index (χ1v) is 18.5. The number of aromatic hydroxyl groups is 1. The Kier molecular flexibility index (Phi) is 8.79. The predicted molar refractivity (Wildman–Crippen MR) is 202 cm³/mol. The van der Waals surface area contributed by atoms with Gasteiger partial charge >= 0.3 is 0 Å². The first kappa shape index (κ1) is 35.2. The smallest absolute Gasteiger partial charge is 0.260 e. The number of ether oxygens (including phenoxy) is 2. The Morgan fingerprint density at radius 2 is 1.58 bits per heavy atom. The summed E-state index contributed by atoms with van der Waals surface area (Å²) in [5.74, 6) is -5.02. The summed E-state index contributed by atoms with van der Waals surface area (Å²) in [4.78, 5) is 60.0. The Bertz CT molecular complexity index is 2230. The fourth-order valence-electron chi connectivity index (χ4n) is 8.95. The van der Waals surface area contributed by atoms with E-state index < -0.39 is 46.8 Å². The van der Waals surface area contributed by atoms with Crippen LogP contribution in [0.25, 0.3) is 0 Å². The summed E-state index contributed by atoms with van der Waals surface area (Å²) in [6.45, 7) is 0. The lowest BCUT2D eigenvalue weighted by Gasteiger charge is -2.50. The molecule has 4 aliphatic rings. The number of nitrogens with zero attached hydrogens (tertiary/aromatic N) is 2. The normalized spacial score (nSPS) is 26.2. The highest BCUT2D eigenvalue weighted by atomic mass is 79.9. The van der Waals surface area contributed by atoms with E-state index in [4.69, 9.17) is 32.7 Å². The van der Waals surface area contributed by atoms with E-state index in [1.165, 1.54) is 25.2 Å². The lowest BCUT2D eigenvalue weighted by Crippen LogP contribution is -2.53. The summed E-state index contributed by atoms with van der Waals surface area (Å²) < 4.78 is 11.6. The predicted octanol–water partition coefficient (Wildman–Crippen LogP) is 7.67. The van der Waals surface area contributed by atoms with Crippen LogP contribution in [0.15, 0.2) is 101 Å². The van der Waals surface area contributed by atoms with Gasteiger partial charge in [-0.25, -0.2) is 0 Å². The molecule has 2 aliphatic heterocycles. The number of hydrogen-bond acceptors (Lipinski definition) is 8. The molecule has 10 nitrogen and oxygen atoms in total. The van der Waals surface area contributed by atoms with Crippen LogP contribution >= 0.6 is 39.1 Å². The molecule has 2 saturated heterocycles. The number of hydrogen-bond donors (Lipinski definition) is 2. The number of carbonyl (C=O) groups excluding carboxylic acids is 4. The van der Waals surface area contributed by atoms with Gasteiger partial charge in [-0.2, -0.15) is 5.01 Å². The van der Waals surface area contributed by atoms with Gasteiger partial charge in [0, 0.05) is 15.4 Å². The number of rotatable bonds is 7. The van der Waals surface area contributed by atoms with E-state index in [9.17, 15) is 19.5 Å². The van der Waals surface area contributed by atoms with E-state index in [0.717, 1.165) is 15.1 Å². The van der Waals surface area contributed by atoms with Crippen molar-refractivity contribution in [2.24, 2.45) is 23.7 Å². The molecule has 1 saturated carbocycles. The SMILES string of the molecule is COc1ccc([C@@]23C(=O)N(Nc4ccc(Cl)cc4Cl)C(=O)[C@@H]2C[C@@H]2C(=CC[C@@H]4C(=O)N(c5ccc(Br)cc5)C(=O)[C@@H]42)[C@@H]3c2ccc(OC)c(O)c2)cc1. The molecule has 0 unspecified atom stereocenters. The second-order valence-corrected chi connectivity index (χ2v) is 15.4. The van der Waals surface area contributed by atoms with Crippen molar-refractivity contribution in [1.82, 2.24) is 5.01 Å². The van der Waals surface area contributed by atoms with E-state index in [1.54, 1.807) is 78.9 Å². The maximum atomic E-state index is 15.4. The highest BCUT2D eigenvalue weighted by molar-refractivity contribution is 9.10. The number of carbonyl (C=O) groups is 4. The number of benzene rings is 4. The van der Waals surface area contributed by atoms with Gasteiger partial charge < -0.3 is 14.6 Å². The van der Waals surface area contributed by atoms with E-state index >= 15 is 4.79 Å². The number of hydrazine groups is 1. The van der Waals surface area contributed by atoms with E-state index in [0.29, 0.717) is 33.3 Å². The van der Waals surface area contributed by atoms with E-state index in [2.05, 4.69) is 21.4 Å². The molecule has 2 N–H and O–H groups in total. The van der Waals surface area contributed by atoms with Gasteiger partial charge in [-0.1, -0.05) is 69.0 Å². The average molecular weight is 818 g/mol. The van der Waals surface area contributed by atoms with Gasteiger partial charge in [0.15, 0.2) is 11.5 Å². The average Bonchev–Trinajstić information content (AvgIpc) is 3.53. The molecule has 0 radical (unpaired) electrons. The number of nitrogens with one attached hydrogen (secondary N) is 1. The Labute approximate surface area is 323 Å². The van der Waals surface area contributed by atoms with Gasteiger partial charge in [-0.05, 0) is 96.6 Å². The third-order valence-corrected chi connectivity index (χ3v) is 12.3. The van der Waals surface area contributed by atoms with Crippen molar-refractivity contribution < 1.29 is 33.8 Å². The number of fused-ring (bicyclic) bond motifs is 4. The molecule has 4 amide bonds. The largest absolute Gasteiger partial charge is 0.504 e. The second kappa shape index (κ2) is 13.2. The minimum absolute atomic E-state index is 0.0992. The van der Waals surface area contributed by atoms with Crippen LogP contribution in [0.3, 0.4) is 0 Å². The summed E-state index contributed by atoms with van der Waals surface area (Å²) in [5, 5.41) is 12.7. The van der Waals surface area contributed by atoms with Gasteiger partial charge in [-0.3, -0.25) is 29.5 Å². The zero-order valence-electron chi connectivity index (χ0n) is 28.4. The summed E-state index contributed by atoms with van der Waals surface area (Å²) in [7, 11) is 2.98. The van der Waals surface area contributed by atoms with Crippen LogP contribution in [0.1, 0.15) is 29.9 Å². The van der Waals surface area contributed by atoms with Crippen LogP contribution in [-0.4, -0.2) is 48.0 Å². The molecule has 270 valence electrons. The van der Waals surface area contributed by atoms with Crippen LogP contribution in [-0.2, 0) is 24.6 Å². The minimum Gasteiger partial charge on any atom is -0.504 e. The van der Waals surface area contributed by atoms with Gasteiger partial charge in [0.2, 0.25) is 11.8 Å². The van der Waals surface area contributed by atoms with Gasteiger partial charge in [0.1, 0.15) is 5.75 Å². The van der Waals surface area contributed by atoms with E-state index in [-0.39, 0.29) is 41.2 Å². The van der Waals surface area contributed by atoms with Crippen molar-refractivity contribution in [3.05, 3.63) is 122 Å². The minimum atomic E-state index is -1.57. The maximum Gasteiger partial charge on any atom is 0.260 e. The Hall–Kier alpha value is -4.84. The summed E-state index contributed by atoms with van der Waals surface area (Å²) in [6.07, 6.45) is 2.31. The van der Waals surface area contributed by atoms with Crippen LogP contribution in [0, 0.1) is 23.7 Å². The summed E-state index contributed by atoms with van der Waals surface area (Å²) in [6, 6.07) is 23.6. The number of allylic oxidation sites excluding steroid dienone is 2. The van der Waals surface area contributed by atoms with Gasteiger partial charge in [0.25, 0.3) is 11.8 Å². The van der Waals surface area contributed by atoms with Crippen molar-refractivity contribution in [2.45, 2.75) is 24.2 Å². The third kappa shape index (κ3) is 5.34. The topological polar surface area (TPSA) is 125 Å². The standard InChI is InChI=1S/C40H32BrCl2N3O7/c1-52-25-11-4-21(5-12-25)40-29(37(49)46(39(40)51)44-31-15-8-23(42)18-30(31)43)19-28-26(35(40)20-3-16-33(53-2)32(47)17-20)13-14-27-34(28)38(50)45(36(27)48)24-9-6-22(41)7-10-24/h3-13,15-18,27-29,34-35,44,47H,14,19H2,1-2H3/t27-,28+,29-,34-,35-,40+/m0/s1. The molecule has 3 fully saturated rings. The molecule has 0 bridgehead atoms. The van der Waals surface area contributed by atoms with Crippen molar-refractivity contribution >= 4 is 74.1 Å². The van der Waals surface area contributed by atoms with Crippen molar-refractivity contribution in [2.75, 3.05) is 24.5 Å². The first-order chi connectivity index (χ1) is 25.5. The Morgan fingerprint density at radius 1 is 0.849 bits per heavy atom. The molecule has 53 heavy (non-hydrogen) atoms. The number of anilines is 2. The number of methoxy groups -OCH3 is 2. The maximum absolute atomic E-state index is 15.4. The molecule has 2 heterocycles. The monoisotopic (exact) mass is 815 g/mol. The number of imide groups is 2. The zero-order chi connectivity index (χ0) is 37.3. The van der Waals surface area contributed by atoms with Crippen molar-refractivity contribution in [1.29, 1.82) is 0 Å². The zero-order valence-corrected chi connectivity index (χ0v) is 31.5. The molecule has 4 aromatic rings. The quantitative estimate of drug-likeness (QED) is 0.144. The van der Waals surface area contributed by atoms with Gasteiger partial charge in [0.05, 0.1) is 53.8 Å². The van der Waals surface area contributed by atoms with Crippen LogP contribution in [0.5, 0.6) is 17.2 Å². The van der Waals surface area contributed by atoms with Crippen LogP contribution in [0.4, 0.5) is 11.4 Å². The number of phenolic OH excluding ortho intramolecular Hbond substituents is 1. The Balaban J connectivity index is 1.33. The first-order valence-electron chi connectivity index (χ1n) is 16.9. The Morgan fingerprint density at radius 3 is 2.25 bits per heavy atom. The molecular formula is C40H32BrCl2N3O7. The highest BCUT2D eigenvalue weighted by Crippen LogP contribution is 2.64. The molecule has 4 aromatic carbocycles. The molecule has 0 aromatic heterocycles. The van der Waals surface area contributed by atoms with Crippen molar-refractivity contribution in [3.63, 3.8) is 0 Å². The third-order valence-electron chi connectivity index (χ3n) is 11.2. The van der Waals surface area contributed by atoms with E-state index in [1.807, 2.05) is 6.08 Å². The number of halogens is 3. The van der Waals surface area contributed by atoms with Crippen LogP contribution in [0.2, 0.25) is 10.0 Å². The highest BCUT2D eigenvalue weighted by Gasteiger charge is 2.70. The molecule has 0 spiro atoms. The fourth-order valence-corrected chi connectivity index (χ4v) is 9.66. The second-order valence-electron chi connectivity index (χ2n) is 13.6. The fraction of sp³-hybridized carbons (Fsp3) is 0.250. The van der Waals surface area contributed by atoms with Gasteiger partial charge in [-0.15, -0.1) is 0 Å². The summed E-state index contributed by atoms with van der Waals surface area (Å²) in [5.41, 5.74) is 3.99. The molecule has 13 heteroatoms.